The maximum atomic E-state index is 2.48. The van der Waals surface area contributed by atoms with Crippen molar-refractivity contribution in [1.82, 2.24) is 0 Å². The van der Waals surface area contributed by atoms with Gasteiger partial charge in [0.25, 0.3) is 0 Å². The number of rotatable bonds is 22. The van der Waals surface area contributed by atoms with E-state index in [9.17, 15) is 0 Å². The van der Waals surface area contributed by atoms with Crippen LogP contribution in [0.4, 0.5) is 0 Å². The van der Waals surface area contributed by atoms with Crippen LogP contribution in [0.2, 0.25) is 0 Å². The molecule has 0 N–H and O–H groups in total. The maximum Gasteiger partial charge on any atom is 0.105 e. The fourth-order valence-electron chi connectivity index (χ4n) is 5.97. The number of benzene rings is 3. The zero-order valence-electron chi connectivity index (χ0n) is 25.5. The average molecular weight is 539 g/mol. The van der Waals surface area contributed by atoms with E-state index in [2.05, 4.69) is 110 Å². The highest BCUT2D eigenvalue weighted by Gasteiger charge is 2.28. The highest BCUT2D eigenvalue weighted by atomic mass is 15.3. The summed E-state index contributed by atoms with van der Waals surface area (Å²) in [6.45, 7) is 6.46. The Morgan fingerprint density at radius 3 is 1.15 bits per heavy atom. The van der Waals surface area contributed by atoms with Gasteiger partial charge in [0.2, 0.25) is 0 Å². The molecule has 0 saturated heterocycles. The average Bonchev–Trinajstić information content (AvgIpc) is 2.98. The molecule has 216 valence electrons. The van der Waals surface area contributed by atoms with Crippen LogP contribution < -0.4 is 0 Å². The van der Waals surface area contributed by atoms with Crippen LogP contribution in [0, 0.1) is 0 Å². The summed E-state index contributed by atoms with van der Waals surface area (Å²) in [5.41, 5.74) is 4.25. The number of quaternary nitrogens is 1. The van der Waals surface area contributed by atoms with Crippen molar-refractivity contribution in [3.05, 3.63) is 120 Å². The second kappa shape index (κ2) is 20.3. The summed E-state index contributed by atoms with van der Waals surface area (Å²) in [6, 6.07) is 33.2. The lowest BCUT2D eigenvalue weighted by atomic mass is 10.0. The molecular formula is C39H56N+. The van der Waals surface area contributed by atoms with Gasteiger partial charge < -0.3 is 4.48 Å². The molecule has 0 atom stereocenters. The molecule has 0 heterocycles. The zero-order chi connectivity index (χ0) is 28.0. The van der Waals surface area contributed by atoms with Gasteiger partial charge in [-0.2, -0.15) is 0 Å². The third kappa shape index (κ3) is 13.6. The van der Waals surface area contributed by atoms with Crippen molar-refractivity contribution < 1.29 is 4.48 Å². The first-order valence-corrected chi connectivity index (χ1v) is 16.4. The first-order chi connectivity index (χ1) is 19.8. The summed E-state index contributed by atoms with van der Waals surface area (Å²) in [7, 11) is 0. The van der Waals surface area contributed by atoms with Crippen molar-refractivity contribution in [2.45, 2.75) is 116 Å². The molecule has 3 rings (SSSR count). The van der Waals surface area contributed by atoms with Crippen LogP contribution in [0.5, 0.6) is 0 Å². The fourth-order valence-corrected chi connectivity index (χ4v) is 5.97. The van der Waals surface area contributed by atoms with E-state index >= 15 is 0 Å². The normalized spacial score (nSPS) is 11.8. The van der Waals surface area contributed by atoms with Crippen molar-refractivity contribution in [1.29, 1.82) is 0 Å². The monoisotopic (exact) mass is 538 g/mol. The molecule has 1 nitrogen and oxygen atoms in total. The molecule has 0 radical (unpaired) electrons. The van der Waals surface area contributed by atoms with E-state index in [0.29, 0.717) is 0 Å². The molecule has 3 aromatic carbocycles. The summed E-state index contributed by atoms with van der Waals surface area (Å²) >= 11 is 0. The third-order valence-electron chi connectivity index (χ3n) is 8.22. The van der Waals surface area contributed by atoms with Gasteiger partial charge in [-0.15, -0.1) is 0 Å². The van der Waals surface area contributed by atoms with Gasteiger partial charge in [0.15, 0.2) is 0 Å². The van der Waals surface area contributed by atoms with Crippen molar-refractivity contribution in [2.75, 3.05) is 6.54 Å². The van der Waals surface area contributed by atoms with Crippen molar-refractivity contribution in [3.8, 4) is 0 Å². The third-order valence-corrected chi connectivity index (χ3v) is 8.22. The van der Waals surface area contributed by atoms with Gasteiger partial charge in [-0.05, 0) is 18.9 Å². The van der Waals surface area contributed by atoms with E-state index < -0.39 is 0 Å². The van der Waals surface area contributed by atoms with Crippen LogP contribution in [0.15, 0.2) is 103 Å². The van der Waals surface area contributed by atoms with Gasteiger partial charge in [0, 0.05) is 16.7 Å². The topological polar surface area (TPSA) is 0 Å². The van der Waals surface area contributed by atoms with Gasteiger partial charge in [-0.25, -0.2) is 0 Å². The Morgan fingerprint density at radius 2 is 0.775 bits per heavy atom. The molecule has 1 heteroatoms. The summed E-state index contributed by atoms with van der Waals surface area (Å²) in [5.74, 6) is 0. The van der Waals surface area contributed by atoms with Crippen LogP contribution in [0.3, 0.4) is 0 Å². The standard InChI is InChI=1S/C39H56N/c1-2-3-4-5-6-7-8-9-10-11-12-13-14-15-16-26-33-40(34-37-27-20-17-21-28-37,35-38-29-22-18-23-30-38)36-39-31-24-19-25-32-39/h16-32H,2-15,33-36H2,1H3/q+1/b26-16+. The lowest BCUT2D eigenvalue weighted by Crippen LogP contribution is -2.46. The summed E-state index contributed by atoms with van der Waals surface area (Å²) in [4.78, 5) is 0. The minimum absolute atomic E-state index is 1.01. The van der Waals surface area contributed by atoms with Crippen LogP contribution in [0.25, 0.3) is 0 Å². The Bertz CT molecular complexity index is 907. The quantitative estimate of drug-likeness (QED) is 0.0678. The second-order valence-electron chi connectivity index (χ2n) is 12.0. The molecule has 3 aromatic rings. The van der Waals surface area contributed by atoms with Crippen LogP contribution in [-0.4, -0.2) is 11.0 Å². The highest BCUT2D eigenvalue weighted by Crippen LogP contribution is 2.24. The first kappa shape index (κ1) is 31.9. The van der Waals surface area contributed by atoms with Gasteiger partial charge in [-0.3, -0.25) is 0 Å². The molecule has 0 fully saturated rings. The number of hydrogen-bond donors (Lipinski definition) is 0. The molecule has 0 amide bonds. The van der Waals surface area contributed by atoms with Crippen molar-refractivity contribution in [3.63, 3.8) is 0 Å². The minimum Gasteiger partial charge on any atom is -0.309 e. The Balaban J connectivity index is 1.46. The number of unbranched alkanes of at least 4 members (excludes halogenated alkanes) is 13. The van der Waals surface area contributed by atoms with E-state index in [1.807, 2.05) is 0 Å². The molecule has 0 bridgehead atoms. The van der Waals surface area contributed by atoms with Gasteiger partial charge in [0.05, 0.1) is 6.54 Å². The van der Waals surface area contributed by atoms with E-state index in [1.165, 1.54) is 107 Å². The molecule has 40 heavy (non-hydrogen) atoms. The molecule has 0 aliphatic heterocycles. The summed E-state index contributed by atoms with van der Waals surface area (Å²) in [5, 5.41) is 0. The molecule has 0 aliphatic carbocycles. The highest BCUT2D eigenvalue weighted by molar-refractivity contribution is 5.17. The van der Waals surface area contributed by atoms with Crippen LogP contribution in [0.1, 0.15) is 114 Å². The van der Waals surface area contributed by atoms with Gasteiger partial charge in [-0.1, -0.05) is 181 Å². The lowest BCUT2D eigenvalue weighted by Gasteiger charge is -2.38. The predicted octanol–water partition coefficient (Wildman–Crippen LogP) is 11.4. The van der Waals surface area contributed by atoms with E-state index in [-0.39, 0.29) is 0 Å². The van der Waals surface area contributed by atoms with Crippen LogP contribution in [-0.2, 0) is 19.6 Å². The van der Waals surface area contributed by atoms with Gasteiger partial charge in [0.1, 0.15) is 19.6 Å². The Morgan fingerprint density at radius 1 is 0.425 bits per heavy atom. The van der Waals surface area contributed by atoms with Crippen molar-refractivity contribution >= 4 is 0 Å². The SMILES string of the molecule is CCCCCCCCCCCCCCC/C=C/C[N+](Cc1ccccc1)(Cc1ccccc1)Cc1ccccc1. The van der Waals surface area contributed by atoms with E-state index in [0.717, 1.165) is 30.7 Å². The van der Waals surface area contributed by atoms with E-state index in [4.69, 9.17) is 0 Å². The summed E-state index contributed by atoms with van der Waals surface area (Å²) in [6.07, 6.45) is 24.6. The molecule has 0 spiro atoms. The Labute approximate surface area is 246 Å². The number of hydrogen-bond acceptors (Lipinski definition) is 0. The fraction of sp³-hybridized carbons (Fsp3) is 0.487. The number of nitrogens with zero attached hydrogens (tertiary/aromatic N) is 1. The predicted molar refractivity (Wildman–Crippen MR) is 175 cm³/mol. The molecule has 0 aliphatic rings. The smallest absolute Gasteiger partial charge is 0.105 e. The van der Waals surface area contributed by atoms with Crippen molar-refractivity contribution in [2.24, 2.45) is 0 Å². The zero-order valence-corrected chi connectivity index (χ0v) is 25.5. The number of allylic oxidation sites excluding steroid dienone is 1. The van der Waals surface area contributed by atoms with Gasteiger partial charge >= 0.3 is 0 Å². The van der Waals surface area contributed by atoms with E-state index in [1.54, 1.807) is 0 Å². The Kier molecular flexibility index (Phi) is 16.2. The second-order valence-corrected chi connectivity index (χ2v) is 12.0. The maximum absolute atomic E-state index is 2.48. The Hall–Kier alpha value is -2.64. The molecular weight excluding hydrogens is 482 g/mol. The molecule has 0 aromatic heterocycles. The molecule has 0 unspecified atom stereocenters. The largest absolute Gasteiger partial charge is 0.309 e. The summed E-state index contributed by atoms with van der Waals surface area (Å²) < 4.78 is 1.01. The first-order valence-electron chi connectivity index (χ1n) is 16.4. The molecule has 0 saturated carbocycles. The van der Waals surface area contributed by atoms with Crippen LogP contribution >= 0.6 is 0 Å². The lowest BCUT2D eigenvalue weighted by molar-refractivity contribution is -0.961. The minimum atomic E-state index is 1.01.